The number of aliphatic hydroxyl groups is 1. The number of hydrogen-bond donors (Lipinski definition) is 2. The molecule has 23 heavy (non-hydrogen) atoms. The number of nitrogens with two attached hydrogens (primary N) is 1. The molecule has 120 valence electrons. The normalized spacial score (nSPS) is 10.2. The van der Waals surface area contributed by atoms with E-state index in [9.17, 15) is 0 Å². The van der Waals surface area contributed by atoms with Crippen molar-refractivity contribution in [1.82, 2.24) is 4.98 Å². The van der Waals surface area contributed by atoms with Crippen molar-refractivity contribution in [1.29, 1.82) is 0 Å². The van der Waals surface area contributed by atoms with Crippen LogP contribution in [0.3, 0.4) is 0 Å². The Morgan fingerprint density at radius 3 is 2.52 bits per heavy atom. The van der Waals surface area contributed by atoms with Crippen molar-refractivity contribution < 1.29 is 5.11 Å². The van der Waals surface area contributed by atoms with Crippen LogP contribution in [0.2, 0.25) is 0 Å². The van der Waals surface area contributed by atoms with Crippen LogP contribution in [-0.2, 0) is 13.0 Å². The Labute approximate surface area is 138 Å². The summed E-state index contributed by atoms with van der Waals surface area (Å²) in [5.41, 5.74) is 10.7. The summed E-state index contributed by atoms with van der Waals surface area (Å²) < 4.78 is 0. The predicted molar refractivity (Wildman–Crippen MR) is 95.0 cm³/mol. The molecule has 1 aromatic carbocycles. The molecule has 0 unspecified atom stereocenters. The Morgan fingerprint density at radius 2 is 1.87 bits per heavy atom. The molecular weight excluding hydrogens is 284 g/mol. The molecule has 1 aromatic heterocycles. The van der Waals surface area contributed by atoms with E-state index in [1.165, 1.54) is 12.8 Å². The monoisotopic (exact) mass is 308 g/mol. The van der Waals surface area contributed by atoms with Gasteiger partial charge in [0.15, 0.2) is 0 Å². The highest BCUT2D eigenvalue weighted by Gasteiger charge is 2.05. The maximum atomic E-state index is 9.06. The van der Waals surface area contributed by atoms with E-state index in [1.54, 1.807) is 0 Å². The summed E-state index contributed by atoms with van der Waals surface area (Å²) in [7, 11) is 0. The molecular formula is C20H24N2O. The molecule has 2 rings (SSSR count). The molecule has 2 aromatic rings. The van der Waals surface area contributed by atoms with Crippen LogP contribution in [0, 0.1) is 18.8 Å². The Balaban J connectivity index is 2.21. The zero-order valence-electron chi connectivity index (χ0n) is 13.9. The van der Waals surface area contributed by atoms with Crippen LogP contribution < -0.4 is 5.73 Å². The van der Waals surface area contributed by atoms with Crippen molar-refractivity contribution in [3.63, 3.8) is 0 Å². The van der Waals surface area contributed by atoms with Crippen LogP contribution in [-0.4, -0.2) is 10.1 Å². The minimum atomic E-state index is 0.0514. The average Bonchev–Trinajstić information content (AvgIpc) is 2.56. The van der Waals surface area contributed by atoms with Gasteiger partial charge in [-0.3, -0.25) is 0 Å². The number of aliphatic hydroxyl groups excluding tert-OH is 1. The second-order valence-corrected chi connectivity index (χ2v) is 5.73. The first-order chi connectivity index (χ1) is 11.1. The van der Waals surface area contributed by atoms with Gasteiger partial charge in [0.25, 0.3) is 0 Å². The van der Waals surface area contributed by atoms with Crippen molar-refractivity contribution in [2.45, 2.75) is 46.1 Å². The molecule has 0 saturated carbocycles. The lowest BCUT2D eigenvalue weighted by atomic mass is 10.0. The summed E-state index contributed by atoms with van der Waals surface area (Å²) >= 11 is 0. The van der Waals surface area contributed by atoms with E-state index in [4.69, 9.17) is 10.8 Å². The minimum Gasteiger partial charge on any atom is -0.392 e. The summed E-state index contributed by atoms with van der Waals surface area (Å²) in [6.07, 6.45) is 4.47. The van der Waals surface area contributed by atoms with E-state index in [0.717, 1.165) is 40.8 Å². The summed E-state index contributed by atoms with van der Waals surface area (Å²) in [6.45, 7) is 4.18. The van der Waals surface area contributed by atoms with Gasteiger partial charge in [-0.15, -0.1) is 0 Å². The van der Waals surface area contributed by atoms with E-state index < -0.39 is 0 Å². The predicted octanol–water partition coefficient (Wildman–Crippen LogP) is 3.60. The van der Waals surface area contributed by atoms with E-state index in [-0.39, 0.29) is 6.61 Å². The van der Waals surface area contributed by atoms with E-state index >= 15 is 0 Å². The van der Waals surface area contributed by atoms with Crippen molar-refractivity contribution in [2.24, 2.45) is 0 Å². The third-order valence-electron chi connectivity index (χ3n) is 3.85. The average molecular weight is 308 g/mol. The first-order valence-corrected chi connectivity index (χ1v) is 8.12. The number of hydrogen-bond acceptors (Lipinski definition) is 3. The zero-order valence-corrected chi connectivity index (χ0v) is 13.9. The van der Waals surface area contributed by atoms with Gasteiger partial charge in [-0.05, 0) is 49.1 Å². The maximum Gasteiger partial charge on any atom is 0.126 e. The first kappa shape index (κ1) is 17.1. The highest BCUT2D eigenvalue weighted by Crippen LogP contribution is 2.17. The molecule has 0 spiro atoms. The number of nitrogens with zero attached hydrogens (tertiary/aromatic N) is 1. The second kappa shape index (κ2) is 8.36. The lowest BCUT2D eigenvalue weighted by molar-refractivity contribution is 0.282. The third-order valence-corrected chi connectivity index (χ3v) is 3.85. The van der Waals surface area contributed by atoms with Gasteiger partial charge in [0, 0.05) is 11.1 Å². The fourth-order valence-electron chi connectivity index (χ4n) is 2.39. The summed E-state index contributed by atoms with van der Waals surface area (Å²) in [6, 6.07) is 9.67. The van der Waals surface area contributed by atoms with Crippen molar-refractivity contribution >= 4 is 5.82 Å². The van der Waals surface area contributed by atoms with Crippen LogP contribution in [0.5, 0.6) is 0 Å². The quantitative estimate of drug-likeness (QED) is 0.655. The van der Waals surface area contributed by atoms with Gasteiger partial charge >= 0.3 is 0 Å². The summed E-state index contributed by atoms with van der Waals surface area (Å²) in [4.78, 5) is 4.43. The molecule has 0 atom stereocenters. The number of nitrogen functional groups attached to an aromatic ring is 1. The van der Waals surface area contributed by atoms with Gasteiger partial charge in [0.1, 0.15) is 5.82 Å². The van der Waals surface area contributed by atoms with Crippen molar-refractivity contribution in [3.8, 4) is 11.8 Å². The number of aryl methyl sites for hydroxylation is 2. The Kier molecular flexibility index (Phi) is 6.19. The SMILES string of the molecule is CCCCCc1cc(C#Cc2ccc(CO)cc2)c(C)nc1N. The maximum absolute atomic E-state index is 9.06. The number of aromatic nitrogens is 1. The van der Waals surface area contributed by atoms with Gasteiger partial charge in [0.05, 0.1) is 12.3 Å². The molecule has 0 radical (unpaired) electrons. The molecule has 0 bridgehead atoms. The number of pyridine rings is 1. The summed E-state index contributed by atoms with van der Waals surface area (Å²) in [5, 5.41) is 9.06. The standard InChI is InChI=1S/C20H24N2O/c1-3-4-5-6-19-13-18(15(2)22-20(19)21)12-11-16-7-9-17(14-23)10-8-16/h7-10,13,23H,3-6,14H2,1-2H3,(H2,21,22). The third kappa shape index (κ3) is 4.84. The minimum absolute atomic E-state index is 0.0514. The number of anilines is 1. The van der Waals surface area contributed by atoms with E-state index in [1.807, 2.05) is 31.2 Å². The smallest absolute Gasteiger partial charge is 0.126 e. The molecule has 3 heteroatoms. The topological polar surface area (TPSA) is 59.1 Å². The van der Waals surface area contributed by atoms with Crippen LogP contribution in [0.1, 0.15) is 54.1 Å². The number of benzene rings is 1. The van der Waals surface area contributed by atoms with Crippen LogP contribution >= 0.6 is 0 Å². The Bertz CT molecular complexity index is 709. The van der Waals surface area contributed by atoms with Gasteiger partial charge < -0.3 is 10.8 Å². The fourth-order valence-corrected chi connectivity index (χ4v) is 2.39. The van der Waals surface area contributed by atoms with E-state index in [0.29, 0.717) is 5.82 Å². The Morgan fingerprint density at radius 1 is 1.13 bits per heavy atom. The Hall–Kier alpha value is -2.31. The van der Waals surface area contributed by atoms with Crippen molar-refractivity contribution in [3.05, 3.63) is 58.3 Å². The molecule has 3 N–H and O–H groups in total. The highest BCUT2D eigenvalue weighted by molar-refractivity contribution is 5.51. The molecule has 0 aliphatic carbocycles. The van der Waals surface area contributed by atoms with Gasteiger partial charge in [0.2, 0.25) is 0 Å². The molecule has 0 saturated heterocycles. The zero-order chi connectivity index (χ0) is 16.7. The molecule has 3 nitrogen and oxygen atoms in total. The molecule has 0 aliphatic heterocycles. The lowest BCUT2D eigenvalue weighted by Gasteiger charge is -2.07. The van der Waals surface area contributed by atoms with Gasteiger partial charge in [-0.2, -0.15) is 0 Å². The largest absolute Gasteiger partial charge is 0.392 e. The molecule has 0 fully saturated rings. The van der Waals surface area contributed by atoms with Crippen LogP contribution in [0.25, 0.3) is 0 Å². The van der Waals surface area contributed by atoms with E-state index in [2.05, 4.69) is 29.8 Å². The molecule has 0 amide bonds. The van der Waals surface area contributed by atoms with Gasteiger partial charge in [-0.1, -0.05) is 43.7 Å². The van der Waals surface area contributed by atoms with Crippen molar-refractivity contribution in [2.75, 3.05) is 5.73 Å². The number of unbranched alkanes of at least 4 members (excludes halogenated alkanes) is 2. The molecule has 1 heterocycles. The van der Waals surface area contributed by atoms with Crippen LogP contribution in [0.4, 0.5) is 5.82 Å². The summed E-state index contributed by atoms with van der Waals surface area (Å²) in [5.74, 6) is 6.97. The lowest BCUT2D eigenvalue weighted by Crippen LogP contribution is -2.02. The van der Waals surface area contributed by atoms with Gasteiger partial charge in [-0.25, -0.2) is 4.98 Å². The molecule has 0 aliphatic rings. The van der Waals surface area contributed by atoms with Crippen LogP contribution in [0.15, 0.2) is 30.3 Å². The fraction of sp³-hybridized carbons (Fsp3) is 0.350. The highest BCUT2D eigenvalue weighted by atomic mass is 16.3. The number of rotatable bonds is 5. The first-order valence-electron chi connectivity index (χ1n) is 8.12. The second-order valence-electron chi connectivity index (χ2n) is 5.73.